The van der Waals surface area contributed by atoms with Crippen LogP contribution in [0.4, 0.5) is 0 Å². The molecule has 0 aliphatic rings. The maximum absolute atomic E-state index is 9.76. The Hall–Kier alpha value is -0.620. The van der Waals surface area contributed by atoms with Gasteiger partial charge in [-0.15, -0.1) is 0 Å². The number of unbranched alkanes of at least 4 members (excludes halogenated alkanes) is 1. The minimum Gasteiger partial charge on any atom is -0.481 e. The van der Waals surface area contributed by atoms with E-state index in [2.05, 4.69) is 0 Å². The average Bonchev–Trinajstić information content (AvgIpc) is 1.79. The van der Waals surface area contributed by atoms with Gasteiger partial charge in [0.2, 0.25) is 0 Å². The molecule has 0 bridgehead atoms. The summed E-state index contributed by atoms with van der Waals surface area (Å²) in [4.78, 5) is 9.76. The van der Waals surface area contributed by atoms with Crippen LogP contribution in [0, 0.1) is 0 Å². The van der Waals surface area contributed by atoms with Crippen LogP contribution in [0.5, 0.6) is 0 Å². The minimum atomic E-state index is -3.67. The third-order valence-corrected chi connectivity index (χ3v) is 0.744. The van der Waals surface area contributed by atoms with Crippen molar-refractivity contribution in [3.8, 4) is 0 Å². The van der Waals surface area contributed by atoms with E-state index in [4.69, 9.17) is 9.66 Å². The predicted octanol–water partition coefficient (Wildman–Crippen LogP) is 0.765. The van der Waals surface area contributed by atoms with Gasteiger partial charge in [-0.3, -0.25) is 9.35 Å². The monoisotopic (exact) mass is 198 g/mol. The highest BCUT2D eigenvalue weighted by atomic mass is 32.2. The van der Waals surface area contributed by atoms with Gasteiger partial charge in [0.1, 0.15) is 0 Å². The molecule has 12 heavy (non-hydrogen) atoms. The van der Waals surface area contributed by atoms with Crippen molar-refractivity contribution in [2.75, 3.05) is 6.26 Å². The van der Waals surface area contributed by atoms with E-state index in [0.29, 0.717) is 12.7 Å². The molecule has 0 atom stereocenters. The van der Waals surface area contributed by atoms with Crippen molar-refractivity contribution in [2.45, 2.75) is 26.2 Å². The number of aliphatic carboxylic acids is 1. The topological polar surface area (TPSA) is 91.7 Å². The highest BCUT2D eigenvalue weighted by Gasteiger charge is 1.90. The smallest absolute Gasteiger partial charge is 0.303 e. The molecule has 0 aromatic carbocycles. The molecule has 0 saturated carbocycles. The van der Waals surface area contributed by atoms with Crippen molar-refractivity contribution in [3.05, 3.63) is 0 Å². The zero-order valence-corrected chi connectivity index (χ0v) is 7.97. The molecule has 0 aliphatic carbocycles. The second-order valence-corrected chi connectivity index (χ2v) is 3.70. The van der Waals surface area contributed by atoms with Gasteiger partial charge < -0.3 is 5.11 Å². The molecule has 0 aliphatic heterocycles. The Morgan fingerprint density at radius 3 is 1.83 bits per heavy atom. The molecule has 0 heterocycles. The Morgan fingerprint density at radius 1 is 1.42 bits per heavy atom. The molecule has 0 fully saturated rings. The maximum Gasteiger partial charge on any atom is 0.303 e. The fourth-order valence-corrected chi connectivity index (χ4v) is 0.328. The van der Waals surface area contributed by atoms with Gasteiger partial charge >= 0.3 is 5.97 Å². The molecule has 0 unspecified atom stereocenters. The molecule has 5 nitrogen and oxygen atoms in total. The summed E-state index contributed by atoms with van der Waals surface area (Å²) in [5.41, 5.74) is 0. The van der Waals surface area contributed by atoms with Crippen molar-refractivity contribution >= 4 is 16.1 Å². The van der Waals surface area contributed by atoms with Crippen molar-refractivity contribution in [1.82, 2.24) is 0 Å². The molecule has 0 rings (SSSR count). The second-order valence-electron chi connectivity index (χ2n) is 2.23. The summed E-state index contributed by atoms with van der Waals surface area (Å²) in [6, 6.07) is 0. The molecular weight excluding hydrogens is 184 g/mol. The molecular formula is C6H14O5S. The van der Waals surface area contributed by atoms with Crippen LogP contribution in [0.3, 0.4) is 0 Å². The molecule has 0 saturated heterocycles. The molecule has 2 N–H and O–H groups in total. The van der Waals surface area contributed by atoms with Gasteiger partial charge in [-0.05, 0) is 6.42 Å². The molecule has 0 aromatic heterocycles. The summed E-state index contributed by atoms with van der Waals surface area (Å²) in [6.07, 6.45) is 2.80. The number of carbonyl (C=O) groups is 1. The van der Waals surface area contributed by atoms with Gasteiger partial charge in [-0.25, -0.2) is 0 Å². The van der Waals surface area contributed by atoms with E-state index in [-0.39, 0.29) is 0 Å². The second kappa shape index (κ2) is 7.05. The van der Waals surface area contributed by atoms with Crippen LogP contribution < -0.4 is 0 Å². The van der Waals surface area contributed by atoms with Crippen molar-refractivity contribution < 1.29 is 22.9 Å². The lowest BCUT2D eigenvalue weighted by Crippen LogP contribution is -1.91. The van der Waals surface area contributed by atoms with Gasteiger partial charge in [0.25, 0.3) is 10.1 Å². The van der Waals surface area contributed by atoms with Gasteiger partial charge in [0.05, 0.1) is 6.26 Å². The van der Waals surface area contributed by atoms with E-state index in [1.165, 1.54) is 0 Å². The number of rotatable bonds is 3. The Kier molecular flexibility index (Phi) is 8.19. The summed E-state index contributed by atoms with van der Waals surface area (Å²) >= 11 is 0. The van der Waals surface area contributed by atoms with Crippen LogP contribution in [0.25, 0.3) is 0 Å². The van der Waals surface area contributed by atoms with Crippen LogP contribution in [-0.4, -0.2) is 30.3 Å². The first kappa shape index (κ1) is 13.9. The summed E-state index contributed by atoms with van der Waals surface area (Å²) in [5.74, 6) is -0.693. The fraction of sp³-hybridized carbons (Fsp3) is 0.833. The van der Waals surface area contributed by atoms with E-state index in [1.807, 2.05) is 6.92 Å². The summed E-state index contributed by atoms with van der Waals surface area (Å²) in [7, 11) is -3.67. The van der Waals surface area contributed by atoms with Gasteiger partial charge in [-0.2, -0.15) is 8.42 Å². The SMILES string of the molecule is CCCCC(=O)O.CS(=O)(=O)O. The highest BCUT2D eigenvalue weighted by molar-refractivity contribution is 7.85. The summed E-state index contributed by atoms with van der Waals surface area (Å²) in [5, 5.41) is 8.04. The zero-order valence-electron chi connectivity index (χ0n) is 7.15. The maximum atomic E-state index is 9.76. The largest absolute Gasteiger partial charge is 0.481 e. The van der Waals surface area contributed by atoms with Crippen LogP contribution in [-0.2, 0) is 14.9 Å². The summed E-state index contributed by atoms with van der Waals surface area (Å²) in [6.45, 7) is 1.98. The molecule has 0 spiro atoms. The number of hydrogen-bond donors (Lipinski definition) is 2. The lowest BCUT2D eigenvalue weighted by molar-refractivity contribution is -0.137. The standard InChI is InChI=1S/C5H10O2.CH4O3S/c1-2-3-4-5(6)7;1-5(2,3)4/h2-4H2,1H3,(H,6,7);1H3,(H,2,3,4). The lowest BCUT2D eigenvalue weighted by Gasteiger charge is -1.85. The third kappa shape index (κ3) is 57.7. The summed E-state index contributed by atoms with van der Waals surface area (Å²) < 4.78 is 25.9. The van der Waals surface area contributed by atoms with Gasteiger partial charge in [-0.1, -0.05) is 13.3 Å². The van der Waals surface area contributed by atoms with Crippen LogP contribution in [0.1, 0.15) is 26.2 Å². The normalized spacial score (nSPS) is 9.92. The Labute approximate surface area is 72.2 Å². The van der Waals surface area contributed by atoms with E-state index in [1.54, 1.807) is 0 Å². The van der Waals surface area contributed by atoms with Crippen LogP contribution >= 0.6 is 0 Å². The van der Waals surface area contributed by atoms with Crippen molar-refractivity contribution in [2.24, 2.45) is 0 Å². The first-order valence-electron chi connectivity index (χ1n) is 3.41. The van der Waals surface area contributed by atoms with Gasteiger partial charge in [0.15, 0.2) is 0 Å². The highest BCUT2D eigenvalue weighted by Crippen LogP contribution is 1.91. The number of carboxylic acids is 1. The lowest BCUT2D eigenvalue weighted by atomic mass is 10.3. The number of carboxylic acid groups (broad SMARTS) is 1. The molecule has 0 radical (unpaired) electrons. The Morgan fingerprint density at radius 2 is 1.75 bits per heavy atom. The van der Waals surface area contributed by atoms with Crippen LogP contribution in [0.15, 0.2) is 0 Å². The van der Waals surface area contributed by atoms with E-state index >= 15 is 0 Å². The first-order valence-corrected chi connectivity index (χ1v) is 5.26. The molecule has 6 heteroatoms. The first-order chi connectivity index (χ1) is 5.27. The van der Waals surface area contributed by atoms with E-state index in [0.717, 1.165) is 12.8 Å². The predicted molar refractivity (Wildman–Crippen MR) is 44.6 cm³/mol. The van der Waals surface area contributed by atoms with E-state index in [9.17, 15) is 13.2 Å². The Bertz CT molecular complexity index is 198. The number of hydrogen-bond acceptors (Lipinski definition) is 3. The van der Waals surface area contributed by atoms with E-state index < -0.39 is 16.1 Å². The molecule has 74 valence electrons. The van der Waals surface area contributed by atoms with Crippen molar-refractivity contribution in [3.63, 3.8) is 0 Å². The average molecular weight is 198 g/mol. The van der Waals surface area contributed by atoms with Crippen LogP contribution in [0.2, 0.25) is 0 Å². The van der Waals surface area contributed by atoms with Crippen molar-refractivity contribution in [1.29, 1.82) is 0 Å². The van der Waals surface area contributed by atoms with Gasteiger partial charge in [0, 0.05) is 6.42 Å². The zero-order chi connectivity index (χ0) is 10.2. The third-order valence-electron chi connectivity index (χ3n) is 0.744. The Balaban J connectivity index is 0. The molecule has 0 amide bonds. The fourth-order valence-electron chi connectivity index (χ4n) is 0.328. The molecule has 0 aromatic rings. The minimum absolute atomic E-state index is 0.316. The quantitative estimate of drug-likeness (QED) is 0.653.